The van der Waals surface area contributed by atoms with Crippen molar-refractivity contribution in [2.45, 2.75) is 30.7 Å². The number of nitrogens with zero attached hydrogens (tertiary/aromatic N) is 2. The molecule has 1 aliphatic rings. The van der Waals surface area contributed by atoms with E-state index >= 15 is 0 Å². The van der Waals surface area contributed by atoms with Crippen LogP contribution in [0.4, 0.5) is 0 Å². The predicted octanol–water partition coefficient (Wildman–Crippen LogP) is 3.50. The van der Waals surface area contributed by atoms with Gasteiger partial charge in [0.05, 0.1) is 5.52 Å². The maximum Gasteiger partial charge on any atom is 0.117 e. The molecule has 4 heteroatoms. The van der Waals surface area contributed by atoms with Gasteiger partial charge in [0.2, 0.25) is 0 Å². The van der Waals surface area contributed by atoms with E-state index in [0.717, 1.165) is 34.1 Å². The first-order valence-electron chi connectivity index (χ1n) is 7.47. The fraction of sp³-hybridized carbons (Fsp3) is 0.500. The van der Waals surface area contributed by atoms with Gasteiger partial charge < -0.3 is 5.32 Å². The lowest BCUT2D eigenvalue weighted by molar-refractivity contribution is 0.500. The summed E-state index contributed by atoms with van der Waals surface area (Å²) in [7, 11) is 0. The van der Waals surface area contributed by atoms with Gasteiger partial charge in [0.1, 0.15) is 11.4 Å². The molecule has 1 aromatic heterocycles. The standard InChI is InChI=1S/C16H21N3S/c1-2-6-13(5-1)11-17-9-10-20-16-14-7-3-4-8-15(14)18-12-19-16/h3-4,7-8,12-13,17H,1-2,5-6,9-11H2. The molecule has 0 atom stereocenters. The summed E-state index contributed by atoms with van der Waals surface area (Å²) in [4.78, 5) is 8.70. The molecule has 1 saturated carbocycles. The summed E-state index contributed by atoms with van der Waals surface area (Å²) < 4.78 is 0. The van der Waals surface area contributed by atoms with E-state index in [1.54, 1.807) is 6.33 Å². The van der Waals surface area contributed by atoms with E-state index in [4.69, 9.17) is 0 Å². The van der Waals surface area contributed by atoms with Gasteiger partial charge in [0.15, 0.2) is 0 Å². The Morgan fingerprint density at radius 1 is 1.15 bits per heavy atom. The Balaban J connectivity index is 1.47. The number of hydrogen-bond donors (Lipinski definition) is 1. The van der Waals surface area contributed by atoms with E-state index in [0.29, 0.717) is 0 Å². The van der Waals surface area contributed by atoms with Gasteiger partial charge >= 0.3 is 0 Å². The molecule has 0 radical (unpaired) electrons. The van der Waals surface area contributed by atoms with Gasteiger partial charge in [-0.3, -0.25) is 0 Å². The minimum Gasteiger partial charge on any atom is -0.316 e. The van der Waals surface area contributed by atoms with E-state index in [-0.39, 0.29) is 0 Å². The molecule has 1 fully saturated rings. The van der Waals surface area contributed by atoms with Crippen LogP contribution in [0.15, 0.2) is 35.6 Å². The first kappa shape index (κ1) is 13.8. The van der Waals surface area contributed by atoms with Gasteiger partial charge in [0.25, 0.3) is 0 Å². The summed E-state index contributed by atoms with van der Waals surface area (Å²) >= 11 is 1.82. The molecule has 0 saturated heterocycles. The number of fused-ring (bicyclic) bond motifs is 1. The zero-order valence-corrected chi connectivity index (χ0v) is 12.5. The minimum absolute atomic E-state index is 0.917. The summed E-state index contributed by atoms with van der Waals surface area (Å²) in [5, 5.41) is 5.84. The van der Waals surface area contributed by atoms with Gasteiger partial charge in [-0.15, -0.1) is 11.8 Å². The Labute approximate surface area is 124 Å². The Morgan fingerprint density at radius 2 is 2.00 bits per heavy atom. The number of hydrogen-bond acceptors (Lipinski definition) is 4. The molecule has 0 bridgehead atoms. The lowest BCUT2D eigenvalue weighted by atomic mass is 10.1. The van der Waals surface area contributed by atoms with Gasteiger partial charge in [0, 0.05) is 17.7 Å². The summed E-state index contributed by atoms with van der Waals surface area (Å²) in [6.45, 7) is 2.24. The summed E-state index contributed by atoms with van der Waals surface area (Å²) in [5.74, 6) is 1.98. The van der Waals surface area contributed by atoms with Crippen LogP contribution in [0.3, 0.4) is 0 Å². The van der Waals surface area contributed by atoms with Gasteiger partial charge in [-0.2, -0.15) is 0 Å². The number of thioether (sulfide) groups is 1. The number of aromatic nitrogens is 2. The maximum absolute atomic E-state index is 4.41. The van der Waals surface area contributed by atoms with Gasteiger partial charge in [-0.05, 0) is 31.4 Å². The van der Waals surface area contributed by atoms with Gasteiger partial charge in [-0.1, -0.05) is 31.0 Å². The summed E-state index contributed by atoms with van der Waals surface area (Å²) in [6.07, 6.45) is 7.34. The smallest absolute Gasteiger partial charge is 0.117 e. The lowest BCUT2D eigenvalue weighted by Crippen LogP contribution is -2.23. The SMILES string of the molecule is c1ccc2c(SCCNCC3CCCC3)ncnc2c1. The van der Waals surface area contributed by atoms with Crippen molar-refractivity contribution in [2.24, 2.45) is 5.92 Å². The highest BCUT2D eigenvalue weighted by Crippen LogP contribution is 2.25. The molecule has 3 rings (SSSR count). The molecular weight excluding hydrogens is 266 g/mol. The van der Waals surface area contributed by atoms with E-state index in [1.807, 2.05) is 30.0 Å². The third kappa shape index (κ3) is 3.49. The van der Waals surface area contributed by atoms with Crippen molar-refractivity contribution >= 4 is 22.7 Å². The van der Waals surface area contributed by atoms with E-state index in [9.17, 15) is 0 Å². The number of nitrogens with one attached hydrogen (secondary N) is 1. The quantitative estimate of drug-likeness (QED) is 0.501. The van der Waals surface area contributed by atoms with Crippen LogP contribution >= 0.6 is 11.8 Å². The highest BCUT2D eigenvalue weighted by Gasteiger charge is 2.13. The Kier molecular flexibility index (Phi) is 4.87. The van der Waals surface area contributed by atoms with Crippen LogP contribution in [0, 0.1) is 5.92 Å². The third-order valence-corrected chi connectivity index (χ3v) is 4.94. The second-order valence-corrected chi connectivity index (χ2v) is 6.48. The highest BCUT2D eigenvalue weighted by molar-refractivity contribution is 7.99. The van der Waals surface area contributed by atoms with Crippen molar-refractivity contribution in [2.75, 3.05) is 18.8 Å². The van der Waals surface area contributed by atoms with E-state index in [1.165, 1.54) is 32.2 Å². The van der Waals surface area contributed by atoms with Crippen LogP contribution in [-0.2, 0) is 0 Å². The molecule has 0 unspecified atom stereocenters. The molecule has 106 valence electrons. The fourth-order valence-corrected chi connectivity index (χ4v) is 3.73. The maximum atomic E-state index is 4.41. The van der Waals surface area contributed by atoms with Gasteiger partial charge in [-0.25, -0.2) is 9.97 Å². The molecule has 0 amide bonds. The topological polar surface area (TPSA) is 37.8 Å². The molecule has 20 heavy (non-hydrogen) atoms. The van der Waals surface area contributed by atoms with Crippen molar-refractivity contribution in [3.05, 3.63) is 30.6 Å². The Hall–Kier alpha value is -1.13. The van der Waals surface area contributed by atoms with Crippen LogP contribution in [0.5, 0.6) is 0 Å². The zero-order valence-electron chi connectivity index (χ0n) is 11.7. The molecule has 1 aliphatic carbocycles. The van der Waals surface area contributed by atoms with Crippen LogP contribution in [0.2, 0.25) is 0 Å². The third-order valence-electron chi connectivity index (χ3n) is 3.93. The van der Waals surface area contributed by atoms with Crippen molar-refractivity contribution in [3.8, 4) is 0 Å². The largest absolute Gasteiger partial charge is 0.316 e. The number of rotatable bonds is 6. The second-order valence-electron chi connectivity index (χ2n) is 5.40. The van der Waals surface area contributed by atoms with Crippen molar-refractivity contribution in [1.82, 2.24) is 15.3 Å². The zero-order chi connectivity index (χ0) is 13.6. The number of para-hydroxylation sites is 1. The Morgan fingerprint density at radius 3 is 2.90 bits per heavy atom. The van der Waals surface area contributed by atoms with Crippen molar-refractivity contribution in [1.29, 1.82) is 0 Å². The average molecular weight is 287 g/mol. The van der Waals surface area contributed by atoms with Crippen LogP contribution < -0.4 is 5.32 Å². The fourth-order valence-electron chi connectivity index (χ4n) is 2.84. The number of benzene rings is 1. The molecule has 3 nitrogen and oxygen atoms in total. The molecule has 1 N–H and O–H groups in total. The van der Waals surface area contributed by atoms with Crippen molar-refractivity contribution < 1.29 is 0 Å². The molecular formula is C16H21N3S. The lowest BCUT2D eigenvalue weighted by Gasteiger charge is -2.10. The Bertz CT molecular complexity index is 547. The van der Waals surface area contributed by atoms with Crippen LogP contribution in [0.1, 0.15) is 25.7 Å². The normalized spacial score (nSPS) is 16.0. The van der Waals surface area contributed by atoms with E-state index < -0.39 is 0 Å². The molecule has 2 aromatic rings. The van der Waals surface area contributed by atoms with Crippen LogP contribution in [-0.4, -0.2) is 28.8 Å². The molecule has 1 heterocycles. The van der Waals surface area contributed by atoms with Crippen molar-refractivity contribution in [3.63, 3.8) is 0 Å². The van der Waals surface area contributed by atoms with Crippen LogP contribution in [0.25, 0.3) is 10.9 Å². The molecule has 0 aliphatic heterocycles. The summed E-state index contributed by atoms with van der Waals surface area (Å²) in [5.41, 5.74) is 1.03. The first-order chi connectivity index (χ1) is 9.93. The second kappa shape index (κ2) is 7.04. The summed E-state index contributed by atoms with van der Waals surface area (Å²) in [6, 6.07) is 8.21. The van der Waals surface area contributed by atoms with E-state index in [2.05, 4.69) is 21.4 Å². The average Bonchev–Trinajstić information content (AvgIpc) is 3.00. The first-order valence-corrected chi connectivity index (χ1v) is 8.45. The minimum atomic E-state index is 0.917. The molecule has 1 aromatic carbocycles. The predicted molar refractivity (Wildman–Crippen MR) is 85.1 cm³/mol. The molecule has 0 spiro atoms. The highest BCUT2D eigenvalue weighted by atomic mass is 32.2. The monoisotopic (exact) mass is 287 g/mol.